The quantitative estimate of drug-likeness (QED) is 0.481. The van der Waals surface area contributed by atoms with Gasteiger partial charge in [-0.2, -0.15) is 0 Å². The van der Waals surface area contributed by atoms with Crippen LogP contribution in [0.1, 0.15) is 12.5 Å². The number of hydrogen-bond donors (Lipinski definition) is 0. The third-order valence-electron chi connectivity index (χ3n) is 3.65. The smallest absolute Gasteiger partial charge is 0.269 e. The number of rotatable bonds is 4. The molecule has 6 nitrogen and oxygen atoms in total. The molecule has 0 radical (unpaired) electrons. The monoisotopic (exact) mass is 289 g/mol. The van der Waals surface area contributed by atoms with Crippen molar-refractivity contribution in [3.05, 3.63) is 46.0 Å². The minimum atomic E-state index is -0.439. The Bertz CT molecular complexity index is 532. The van der Waals surface area contributed by atoms with E-state index in [9.17, 15) is 14.9 Å². The van der Waals surface area contributed by atoms with Crippen LogP contribution in [0.3, 0.4) is 0 Å². The Hall–Kier alpha value is -2.21. The Morgan fingerprint density at radius 2 is 1.86 bits per heavy atom. The van der Waals surface area contributed by atoms with Gasteiger partial charge in [-0.1, -0.05) is 6.92 Å². The molecular formula is C15H19N3O3. The number of non-ortho nitro benzene ring substituents is 1. The molecule has 1 aromatic carbocycles. The number of carbonyl (C=O) groups excluding carboxylic acids is 1. The average Bonchev–Trinajstić information content (AvgIpc) is 2.53. The summed E-state index contributed by atoms with van der Waals surface area (Å²) in [6, 6.07) is 6.14. The van der Waals surface area contributed by atoms with Gasteiger partial charge in [-0.3, -0.25) is 14.9 Å². The van der Waals surface area contributed by atoms with E-state index in [0.29, 0.717) is 0 Å². The fourth-order valence-electron chi connectivity index (χ4n) is 2.26. The molecule has 2 rings (SSSR count). The van der Waals surface area contributed by atoms with Crippen LogP contribution in [-0.4, -0.2) is 53.4 Å². The molecule has 1 aliphatic heterocycles. The van der Waals surface area contributed by atoms with Crippen molar-refractivity contribution in [1.82, 2.24) is 9.80 Å². The fraction of sp³-hybridized carbons (Fsp3) is 0.400. The first-order valence-corrected chi connectivity index (χ1v) is 7.04. The number of hydrogen-bond acceptors (Lipinski definition) is 4. The molecule has 1 aromatic rings. The molecule has 6 heteroatoms. The lowest BCUT2D eigenvalue weighted by atomic mass is 10.2. The number of likely N-dealkylation sites (N-methyl/N-ethyl adjacent to an activating group) is 1. The molecule has 1 saturated heterocycles. The average molecular weight is 289 g/mol. The zero-order chi connectivity index (χ0) is 15.2. The molecule has 1 aliphatic rings. The second-order valence-corrected chi connectivity index (χ2v) is 4.94. The van der Waals surface area contributed by atoms with Crippen molar-refractivity contribution in [2.24, 2.45) is 0 Å². The van der Waals surface area contributed by atoms with Crippen LogP contribution >= 0.6 is 0 Å². The first-order chi connectivity index (χ1) is 10.1. The summed E-state index contributed by atoms with van der Waals surface area (Å²) in [6.07, 6.45) is 3.22. The standard InChI is InChI=1S/C15H19N3O3/c1-2-16-9-11-17(12-10-16)15(19)8-5-13-3-6-14(7-4-13)18(20)21/h3-8H,2,9-12H2,1H3/b8-5+. The lowest BCUT2D eigenvalue weighted by Gasteiger charge is -2.33. The van der Waals surface area contributed by atoms with E-state index in [-0.39, 0.29) is 11.6 Å². The summed E-state index contributed by atoms with van der Waals surface area (Å²) in [5.74, 6) is -0.0101. The van der Waals surface area contributed by atoms with Gasteiger partial charge in [0.25, 0.3) is 5.69 Å². The second-order valence-electron chi connectivity index (χ2n) is 4.94. The molecule has 0 unspecified atom stereocenters. The topological polar surface area (TPSA) is 66.7 Å². The van der Waals surface area contributed by atoms with Gasteiger partial charge in [-0.25, -0.2) is 0 Å². The summed E-state index contributed by atoms with van der Waals surface area (Å²) in [5, 5.41) is 10.6. The van der Waals surface area contributed by atoms with Crippen LogP contribution in [0.5, 0.6) is 0 Å². The summed E-state index contributed by atoms with van der Waals surface area (Å²) >= 11 is 0. The van der Waals surface area contributed by atoms with Gasteiger partial charge in [0.15, 0.2) is 0 Å². The molecule has 0 bridgehead atoms. The summed E-state index contributed by atoms with van der Waals surface area (Å²) in [7, 11) is 0. The third kappa shape index (κ3) is 4.13. The van der Waals surface area contributed by atoms with Crippen molar-refractivity contribution >= 4 is 17.7 Å². The molecular weight excluding hydrogens is 270 g/mol. The highest BCUT2D eigenvalue weighted by Crippen LogP contribution is 2.13. The van der Waals surface area contributed by atoms with Crippen molar-refractivity contribution in [3.8, 4) is 0 Å². The van der Waals surface area contributed by atoms with Gasteiger partial charge < -0.3 is 9.80 Å². The highest BCUT2D eigenvalue weighted by molar-refractivity contribution is 5.91. The van der Waals surface area contributed by atoms with Crippen LogP contribution in [0, 0.1) is 10.1 Å². The van der Waals surface area contributed by atoms with Crippen LogP contribution in [-0.2, 0) is 4.79 Å². The normalized spacial score (nSPS) is 16.3. The molecule has 0 spiro atoms. The lowest BCUT2D eigenvalue weighted by molar-refractivity contribution is -0.384. The van der Waals surface area contributed by atoms with E-state index in [2.05, 4.69) is 11.8 Å². The molecule has 112 valence electrons. The number of amides is 1. The van der Waals surface area contributed by atoms with Gasteiger partial charge >= 0.3 is 0 Å². The van der Waals surface area contributed by atoms with Crippen molar-refractivity contribution in [1.29, 1.82) is 0 Å². The van der Waals surface area contributed by atoms with Crippen LogP contribution in [0.15, 0.2) is 30.3 Å². The summed E-state index contributed by atoms with van der Waals surface area (Å²) in [4.78, 5) is 26.3. The van der Waals surface area contributed by atoms with Crippen molar-refractivity contribution < 1.29 is 9.72 Å². The molecule has 0 atom stereocenters. The van der Waals surface area contributed by atoms with E-state index in [1.54, 1.807) is 18.2 Å². The molecule has 0 N–H and O–H groups in total. The maximum Gasteiger partial charge on any atom is 0.269 e. The number of piperazine rings is 1. The molecule has 1 heterocycles. The maximum absolute atomic E-state index is 12.1. The highest BCUT2D eigenvalue weighted by atomic mass is 16.6. The van der Waals surface area contributed by atoms with E-state index in [1.165, 1.54) is 18.2 Å². The Balaban J connectivity index is 1.91. The Kier molecular flexibility index (Phi) is 5.05. The van der Waals surface area contributed by atoms with Crippen LogP contribution < -0.4 is 0 Å². The Morgan fingerprint density at radius 1 is 1.24 bits per heavy atom. The zero-order valence-electron chi connectivity index (χ0n) is 12.1. The number of nitrogens with zero attached hydrogens (tertiary/aromatic N) is 3. The number of nitro groups is 1. The fourth-order valence-corrected chi connectivity index (χ4v) is 2.26. The summed E-state index contributed by atoms with van der Waals surface area (Å²) < 4.78 is 0. The first-order valence-electron chi connectivity index (χ1n) is 7.04. The second kappa shape index (κ2) is 6.99. The largest absolute Gasteiger partial charge is 0.337 e. The van der Waals surface area contributed by atoms with Gasteiger partial charge in [0.2, 0.25) is 5.91 Å². The SMILES string of the molecule is CCN1CCN(C(=O)/C=C/c2ccc([N+](=O)[O-])cc2)CC1. The lowest BCUT2D eigenvalue weighted by Crippen LogP contribution is -2.48. The number of nitro benzene ring substituents is 1. The van der Waals surface area contributed by atoms with E-state index >= 15 is 0 Å². The van der Waals surface area contributed by atoms with Crippen LogP contribution in [0.2, 0.25) is 0 Å². The van der Waals surface area contributed by atoms with Crippen molar-refractivity contribution in [2.75, 3.05) is 32.7 Å². The predicted octanol–water partition coefficient (Wildman–Crippen LogP) is 1.77. The third-order valence-corrected chi connectivity index (χ3v) is 3.65. The van der Waals surface area contributed by atoms with Gasteiger partial charge in [-0.05, 0) is 30.3 Å². The van der Waals surface area contributed by atoms with Gasteiger partial charge in [0.1, 0.15) is 0 Å². The minimum Gasteiger partial charge on any atom is -0.337 e. The molecule has 1 fully saturated rings. The van der Waals surface area contributed by atoms with Gasteiger partial charge in [-0.15, -0.1) is 0 Å². The van der Waals surface area contributed by atoms with Gasteiger partial charge in [0, 0.05) is 44.4 Å². The maximum atomic E-state index is 12.1. The van der Waals surface area contributed by atoms with E-state index in [0.717, 1.165) is 38.3 Å². The van der Waals surface area contributed by atoms with Crippen molar-refractivity contribution in [3.63, 3.8) is 0 Å². The minimum absolute atomic E-state index is 0.0101. The Labute approximate surface area is 123 Å². The Morgan fingerprint density at radius 3 is 2.38 bits per heavy atom. The molecule has 0 saturated carbocycles. The molecule has 0 aromatic heterocycles. The van der Waals surface area contributed by atoms with Crippen LogP contribution in [0.25, 0.3) is 6.08 Å². The highest BCUT2D eigenvalue weighted by Gasteiger charge is 2.18. The number of carbonyl (C=O) groups is 1. The molecule has 1 amide bonds. The molecule has 0 aliphatic carbocycles. The number of benzene rings is 1. The zero-order valence-corrected chi connectivity index (χ0v) is 12.1. The van der Waals surface area contributed by atoms with Gasteiger partial charge in [0.05, 0.1) is 4.92 Å². The molecule has 21 heavy (non-hydrogen) atoms. The first kappa shape index (κ1) is 15.2. The van der Waals surface area contributed by atoms with E-state index in [4.69, 9.17) is 0 Å². The summed E-state index contributed by atoms with van der Waals surface area (Å²) in [5.41, 5.74) is 0.829. The van der Waals surface area contributed by atoms with Crippen LogP contribution in [0.4, 0.5) is 5.69 Å². The predicted molar refractivity (Wildman–Crippen MR) is 80.8 cm³/mol. The van der Waals surface area contributed by atoms with E-state index < -0.39 is 4.92 Å². The van der Waals surface area contributed by atoms with Crippen molar-refractivity contribution in [2.45, 2.75) is 6.92 Å². The summed E-state index contributed by atoms with van der Waals surface area (Å²) in [6.45, 7) is 6.45. The van der Waals surface area contributed by atoms with E-state index in [1.807, 2.05) is 4.90 Å².